The number of aliphatic hydroxyl groups is 1. The van der Waals surface area contributed by atoms with E-state index in [1.165, 1.54) is 10.8 Å². The van der Waals surface area contributed by atoms with Crippen molar-refractivity contribution >= 4 is 11.6 Å². The molecule has 1 aliphatic rings. The van der Waals surface area contributed by atoms with Gasteiger partial charge in [-0.25, -0.2) is 4.79 Å². The van der Waals surface area contributed by atoms with Gasteiger partial charge in [0.2, 0.25) is 0 Å². The zero-order valence-electron chi connectivity index (χ0n) is 10.9. The van der Waals surface area contributed by atoms with E-state index in [9.17, 15) is 14.7 Å². The maximum atomic E-state index is 11.8. The van der Waals surface area contributed by atoms with Gasteiger partial charge in [-0.05, 0) is 19.3 Å². The second-order valence-electron chi connectivity index (χ2n) is 5.04. The van der Waals surface area contributed by atoms with E-state index in [2.05, 4.69) is 4.98 Å². The summed E-state index contributed by atoms with van der Waals surface area (Å²) in [6.07, 6.45) is 1.50. The molecule has 0 unspecified atom stereocenters. The van der Waals surface area contributed by atoms with Crippen molar-refractivity contribution in [2.45, 2.75) is 32.1 Å². The summed E-state index contributed by atoms with van der Waals surface area (Å²) in [5.74, 6) is 0.164. The second kappa shape index (κ2) is 5.11. The number of H-pyrrole nitrogens is 1. The Kier molecular flexibility index (Phi) is 3.85. The SMILES string of the molecule is Cc1cn([C@H]2C[C@@H](C)[C@](CO)(CCl)O2)c(=O)[nH]c1=O. The standard InChI is InChI=1S/C12H17ClN2O4/c1-7-4-15(11(18)14-10(7)17)9-3-8(2)12(5-13,6-16)19-9/h4,8-9,16H,3,5-6H2,1-2H3,(H,14,17,18)/t8-,9-,12-/m1/s1. The van der Waals surface area contributed by atoms with Crippen molar-refractivity contribution in [3.63, 3.8) is 0 Å². The molecule has 0 saturated carbocycles. The molecule has 2 heterocycles. The van der Waals surface area contributed by atoms with E-state index in [-0.39, 0.29) is 18.4 Å². The summed E-state index contributed by atoms with van der Waals surface area (Å²) in [6, 6.07) is 0. The number of aryl methyl sites for hydroxylation is 1. The lowest BCUT2D eigenvalue weighted by Crippen LogP contribution is -2.41. The number of alkyl halides is 1. The molecule has 1 aliphatic heterocycles. The maximum Gasteiger partial charge on any atom is 0.330 e. The molecule has 7 heteroatoms. The van der Waals surface area contributed by atoms with Crippen LogP contribution in [-0.4, -0.2) is 32.7 Å². The Morgan fingerprint density at radius 3 is 2.84 bits per heavy atom. The van der Waals surface area contributed by atoms with Crippen molar-refractivity contribution in [1.82, 2.24) is 9.55 Å². The Bertz CT molecular complexity index is 576. The third-order valence-electron chi connectivity index (χ3n) is 3.77. The zero-order valence-corrected chi connectivity index (χ0v) is 11.6. The summed E-state index contributed by atoms with van der Waals surface area (Å²) in [6.45, 7) is 3.33. The molecule has 2 N–H and O–H groups in total. The smallest absolute Gasteiger partial charge is 0.330 e. The van der Waals surface area contributed by atoms with Gasteiger partial charge in [-0.1, -0.05) is 6.92 Å². The largest absolute Gasteiger partial charge is 0.393 e. The first-order valence-corrected chi connectivity index (χ1v) is 6.63. The van der Waals surface area contributed by atoms with Crippen LogP contribution >= 0.6 is 11.6 Å². The molecule has 0 spiro atoms. The molecule has 1 saturated heterocycles. The Balaban J connectivity index is 2.38. The number of nitrogens with one attached hydrogen (secondary N) is 1. The van der Waals surface area contributed by atoms with E-state index in [1.54, 1.807) is 6.92 Å². The summed E-state index contributed by atoms with van der Waals surface area (Å²) in [5.41, 5.74) is -1.33. The van der Waals surface area contributed by atoms with Crippen molar-refractivity contribution in [2.24, 2.45) is 5.92 Å². The predicted octanol–water partition coefficient (Wildman–Crippen LogP) is 0.370. The number of halogens is 1. The monoisotopic (exact) mass is 288 g/mol. The third-order valence-corrected chi connectivity index (χ3v) is 4.23. The van der Waals surface area contributed by atoms with Crippen molar-refractivity contribution < 1.29 is 9.84 Å². The molecule has 106 valence electrons. The zero-order chi connectivity index (χ0) is 14.2. The summed E-state index contributed by atoms with van der Waals surface area (Å²) >= 11 is 5.88. The van der Waals surface area contributed by atoms with Crippen LogP contribution in [0.15, 0.2) is 15.8 Å². The summed E-state index contributed by atoms with van der Waals surface area (Å²) in [4.78, 5) is 25.4. The molecule has 1 aromatic heterocycles. The molecule has 0 bridgehead atoms. The van der Waals surface area contributed by atoms with Crippen molar-refractivity contribution in [3.8, 4) is 0 Å². The lowest BCUT2D eigenvalue weighted by atomic mass is 9.91. The highest BCUT2D eigenvalue weighted by atomic mass is 35.5. The first kappa shape index (κ1) is 14.3. The Morgan fingerprint density at radius 2 is 2.32 bits per heavy atom. The third kappa shape index (κ3) is 2.35. The van der Waals surface area contributed by atoms with E-state index in [1.807, 2.05) is 6.92 Å². The van der Waals surface area contributed by atoms with E-state index >= 15 is 0 Å². The topological polar surface area (TPSA) is 84.3 Å². The molecule has 0 aliphatic carbocycles. The molecule has 2 rings (SSSR count). The van der Waals surface area contributed by atoms with Crippen LogP contribution in [0.5, 0.6) is 0 Å². The first-order valence-electron chi connectivity index (χ1n) is 6.10. The van der Waals surface area contributed by atoms with Crippen LogP contribution in [0.25, 0.3) is 0 Å². The van der Waals surface area contributed by atoms with Gasteiger partial charge in [-0.15, -0.1) is 11.6 Å². The number of hydrogen-bond donors (Lipinski definition) is 2. The number of ether oxygens (including phenoxy) is 1. The molecular formula is C12H17ClN2O4. The number of hydrogen-bond acceptors (Lipinski definition) is 4. The van der Waals surface area contributed by atoms with Crippen molar-refractivity contribution in [3.05, 3.63) is 32.6 Å². The fraction of sp³-hybridized carbons (Fsp3) is 0.667. The van der Waals surface area contributed by atoms with Gasteiger partial charge < -0.3 is 9.84 Å². The summed E-state index contributed by atoms with van der Waals surface area (Å²) < 4.78 is 7.12. The van der Waals surface area contributed by atoms with Gasteiger partial charge in [0.25, 0.3) is 5.56 Å². The normalized spacial score (nSPS) is 30.7. The molecule has 3 atom stereocenters. The molecule has 0 radical (unpaired) electrons. The molecule has 19 heavy (non-hydrogen) atoms. The van der Waals surface area contributed by atoms with Gasteiger partial charge >= 0.3 is 5.69 Å². The quantitative estimate of drug-likeness (QED) is 0.787. The van der Waals surface area contributed by atoms with Crippen LogP contribution < -0.4 is 11.2 Å². The van der Waals surface area contributed by atoms with E-state index in [0.717, 1.165) is 0 Å². The van der Waals surface area contributed by atoms with Gasteiger partial charge in [-0.2, -0.15) is 0 Å². The number of aliphatic hydroxyl groups excluding tert-OH is 1. The van der Waals surface area contributed by atoms with E-state index in [4.69, 9.17) is 16.3 Å². The van der Waals surface area contributed by atoms with Gasteiger partial charge in [0.05, 0.1) is 12.5 Å². The average Bonchev–Trinajstić information content (AvgIpc) is 2.71. The Morgan fingerprint density at radius 1 is 1.63 bits per heavy atom. The fourth-order valence-corrected chi connectivity index (χ4v) is 2.73. The summed E-state index contributed by atoms with van der Waals surface area (Å²) in [5, 5.41) is 9.46. The van der Waals surface area contributed by atoms with Crippen LogP contribution in [0, 0.1) is 12.8 Å². The number of rotatable bonds is 3. The van der Waals surface area contributed by atoms with Crippen LogP contribution in [0.1, 0.15) is 25.1 Å². The minimum atomic E-state index is -0.838. The fourth-order valence-electron chi connectivity index (χ4n) is 2.32. The Labute approximate surface area is 115 Å². The highest BCUT2D eigenvalue weighted by molar-refractivity contribution is 6.18. The van der Waals surface area contributed by atoms with Gasteiger partial charge in [0, 0.05) is 11.8 Å². The highest BCUT2D eigenvalue weighted by Gasteiger charge is 2.46. The van der Waals surface area contributed by atoms with Crippen molar-refractivity contribution in [1.29, 1.82) is 0 Å². The first-order chi connectivity index (χ1) is 8.93. The molecular weight excluding hydrogens is 272 g/mol. The lowest BCUT2D eigenvalue weighted by Gasteiger charge is -2.28. The van der Waals surface area contributed by atoms with Crippen LogP contribution in [0.4, 0.5) is 0 Å². The molecule has 1 fully saturated rings. The number of nitrogens with zero attached hydrogens (tertiary/aromatic N) is 1. The van der Waals surface area contributed by atoms with Gasteiger partial charge in [-0.3, -0.25) is 14.3 Å². The molecule has 1 aromatic rings. The van der Waals surface area contributed by atoms with E-state index < -0.39 is 23.1 Å². The second-order valence-corrected chi connectivity index (χ2v) is 5.31. The highest BCUT2D eigenvalue weighted by Crippen LogP contribution is 2.41. The minimum Gasteiger partial charge on any atom is -0.393 e. The van der Waals surface area contributed by atoms with Gasteiger partial charge in [0.15, 0.2) is 0 Å². The number of aromatic nitrogens is 2. The number of aromatic amines is 1. The molecule has 0 amide bonds. The summed E-state index contributed by atoms with van der Waals surface area (Å²) in [7, 11) is 0. The van der Waals surface area contributed by atoms with Crippen LogP contribution in [0.2, 0.25) is 0 Å². The van der Waals surface area contributed by atoms with Crippen LogP contribution in [-0.2, 0) is 4.74 Å². The molecule has 0 aromatic carbocycles. The predicted molar refractivity (Wildman–Crippen MR) is 70.5 cm³/mol. The maximum absolute atomic E-state index is 11.8. The van der Waals surface area contributed by atoms with E-state index in [0.29, 0.717) is 12.0 Å². The van der Waals surface area contributed by atoms with Gasteiger partial charge in [0.1, 0.15) is 11.8 Å². The van der Waals surface area contributed by atoms with Crippen LogP contribution in [0.3, 0.4) is 0 Å². The minimum absolute atomic E-state index is 0.0131. The lowest BCUT2D eigenvalue weighted by molar-refractivity contribution is -0.0969. The Hall–Kier alpha value is -1.11. The average molecular weight is 289 g/mol. The van der Waals surface area contributed by atoms with Crippen molar-refractivity contribution in [2.75, 3.05) is 12.5 Å². The molecule has 6 nitrogen and oxygen atoms in total.